The van der Waals surface area contributed by atoms with Gasteiger partial charge in [0.1, 0.15) is 5.75 Å². The van der Waals surface area contributed by atoms with Crippen molar-refractivity contribution in [1.82, 2.24) is 0 Å². The van der Waals surface area contributed by atoms with Crippen molar-refractivity contribution in [3.63, 3.8) is 0 Å². The van der Waals surface area contributed by atoms with Crippen LogP contribution < -0.4 is 5.32 Å². The lowest BCUT2D eigenvalue weighted by atomic mass is 10.2. The molecule has 5 nitrogen and oxygen atoms in total. The number of hydrogen-bond donors (Lipinski definition) is 2. The molecule has 7 heteroatoms. The van der Waals surface area contributed by atoms with Crippen LogP contribution in [0.5, 0.6) is 5.75 Å². The fraction of sp³-hybridized carbons (Fsp3) is 0.0714. The van der Waals surface area contributed by atoms with Gasteiger partial charge in [-0.3, -0.25) is 4.79 Å². The van der Waals surface area contributed by atoms with Crippen LogP contribution in [0.25, 0.3) is 0 Å². The fourth-order valence-electron chi connectivity index (χ4n) is 1.68. The number of halogens is 1. The third kappa shape index (κ3) is 3.74. The van der Waals surface area contributed by atoms with E-state index in [9.17, 15) is 18.3 Å². The van der Waals surface area contributed by atoms with E-state index in [1.807, 2.05) is 0 Å². The Labute approximate surface area is 127 Å². The van der Waals surface area contributed by atoms with E-state index in [0.717, 1.165) is 6.26 Å². The highest BCUT2D eigenvalue weighted by molar-refractivity contribution is 7.90. The number of carbonyl (C=O) groups is 1. The number of hydrogen-bond acceptors (Lipinski definition) is 4. The van der Waals surface area contributed by atoms with E-state index in [1.165, 1.54) is 42.5 Å². The van der Waals surface area contributed by atoms with Crippen LogP contribution in [0.1, 0.15) is 10.4 Å². The number of anilines is 1. The maximum atomic E-state index is 12.0. The smallest absolute Gasteiger partial charge is 0.259 e. The van der Waals surface area contributed by atoms with Gasteiger partial charge < -0.3 is 10.4 Å². The van der Waals surface area contributed by atoms with Gasteiger partial charge in [0.2, 0.25) is 0 Å². The number of amides is 1. The Morgan fingerprint density at radius 2 is 1.76 bits per heavy atom. The number of phenolic OH excluding ortho intramolecular Hbond substituents is 1. The number of nitrogens with one attached hydrogen (secondary N) is 1. The van der Waals surface area contributed by atoms with Crippen LogP contribution in [-0.2, 0) is 9.84 Å². The van der Waals surface area contributed by atoms with Crippen molar-refractivity contribution in [2.24, 2.45) is 0 Å². The van der Waals surface area contributed by atoms with Gasteiger partial charge in [0, 0.05) is 17.0 Å². The Morgan fingerprint density at radius 3 is 2.29 bits per heavy atom. The van der Waals surface area contributed by atoms with Crippen molar-refractivity contribution in [3.8, 4) is 5.75 Å². The Balaban J connectivity index is 2.20. The monoisotopic (exact) mass is 325 g/mol. The Morgan fingerprint density at radius 1 is 1.14 bits per heavy atom. The van der Waals surface area contributed by atoms with Gasteiger partial charge in [0.15, 0.2) is 9.84 Å². The van der Waals surface area contributed by atoms with Gasteiger partial charge in [-0.25, -0.2) is 8.42 Å². The first kappa shape index (κ1) is 15.3. The zero-order chi connectivity index (χ0) is 15.6. The number of sulfone groups is 1. The second kappa shape index (κ2) is 5.75. The number of carbonyl (C=O) groups excluding carboxylic acids is 1. The molecule has 0 aliphatic heterocycles. The van der Waals surface area contributed by atoms with E-state index in [-0.39, 0.29) is 16.2 Å². The quantitative estimate of drug-likeness (QED) is 0.908. The number of phenols is 1. The molecule has 0 spiro atoms. The third-order valence-corrected chi connectivity index (χ3v) is 4.11. The van der Waals surface area contributed by atoms with E-state index in [0.29, 0.717) is 10.7 Å². The molecule has 0 saturated carbocycles. The summed E-state index contributed by atoms with van der Waals surface area (Å²) in [6.07, 6.45) is 1.10. The van der Waals surface area contributed by atoms with E-state index < -0.39 is 15.7 Å². The predicted molar refractivity (Wildman–Crippen MR) is 80.6 cm³/mol. The predicted octanol–water partition coefficient (Wildman–Crippen LogP) is 2.70. The number of rotatable bonds is 3. The molecule has 2 rings (SSSR count). The number of aromatic hydroxyl groups is 1. The van der Waals surface area contributed by atoms with E-state index in [4.69, 9.17) is 11.6 Å². The highest BCUT2D eigenvalue weighted by Gasteiger charge is 2.12. The van der Waals surface area contributed by atoms with E-state index >= 15 is 0 Å². The molecular weight excluding hydrogens is 314 g/mol. The molecule has 0 saturated heterocycles. The van der Waals surface area contributed by atoms with Crippen molar-refractivity contribution in [1.29, 1.82) is 0 Å². The maximum absolute atomic E-state index is 12.0. The minimum absolute atomic E-state index is 0.0755. The maximum Gasteiger partial charge on any atom is 0.259 e. The molecule has 0 aliphatic carbocycles. The van der Waals surface area contributed by atoms with Crippen LogP contribution in [0.3, 0.4) is 0 Å². The van der Waals surface area contributed by atoms with Gasteiger partial charge in [-0.1, -0.05) is 11.6 Å². The third-order valence-electron chi connectivity index (χ3n) is 2.74. The molecule has 0 aliphatic rings. The summed E-state index contributed by atoms with van der Waals surface area (Å²) in [5.41, 5.74) is 0.494. The normalized spacial score (nSPS) is 11.1. The van der Waals surface area contributed by atoms with E-state index in [2.05, 4.69) is 5.32 Å². The van der Waals surface area contributed by atoms with Crippen molar-refractivity contribution >= 4 is 33.0 Å². The van der Waals surface area contributed by atoms with Crippen molar-refractivity contribution in [3.05, 3.63) is 53.1 Å². The minimum Gasteiger partial charge on any atom is -0.507 e. The first-order valence-corrected chi connectivity index (χ1v) is 8.14. The minimum atomic E-state index is -3.28. The highest BCUT2D eigenvalue weighted by Crippen LogP contribution is 2.23. The molecule has 110 valence electrons. The molecule has 1 amide bonds. The Kier molecular flexibility index (Phi) is 4.20. The Bertz CT molecular complexity index is 785. The molecule has 21 heavy (non-hydrogen) atoms. The van der Waals surface area contributed by atoms with Crippen molar-refractivity contribution in [2.45, 2.75) is 4.90 Å². The van der Waals surface area contributed by atoms with Crippen LogP contribution in [0.15, 0.2) is 47.4 Å². The van der Waals surface area contributed by atoms with Crippen LogP contribution in [-0.4, -0.2) is 25.7 Å². The molecule has 0 atom stereocenters. The standard InChI is InChI=1S/C14H12ClNO4S/c1-21(19,20)11-5-3-10(4-6-11)16-14(18)12-7-2-9(15)8-13(12)17/h2-8,17H,1H3,(H,16,18). The van der Waals surface area contributed by atoms with Gasteiger partial charge >= 0.3 is 0 Å². The molecule has 0 bridgehead atoms. The lowest BCUT2D eigenvalue weighted by Crippen LogP contribution is -2.12. The summed E-state index contributed by atoms with van der Waals surface area (Å²) in [5.74, 6) is -0.746. The summed E-state index contributed by atoms with van der Waals surface area (Å²) in [5, 5.41) is 12.5. The second-order valence-corrected chi connectivity index (χ2v) is 6.86. The second-order valence-electron chi connectivity index (χ2n) is 4.41. The SMILES string of the molecule is CS(=O)(=O)c1ccc(NC(=O)c2ccc(Cl)cc2O)cc1. The molecule has 0 heterocycles. The summed E-state index contributed by atoms with van der Waals surface area (Å²) in [4.78, 5) is 12.2. The van der Waals surface area contributed by atoms with Crippen LogP contribution in [0, 0.1) is 0 Å². The molecule has 0 aromatic heterocycles. The zero-order valence-electron chi connectivity index (χ0n) is 11.0. The summed E-state index contributed by atoms with van der Waals surface area (Å²) < 4.78 is 22.7. The van der Waals surface area contributed by atoms with Crippen LogP contribution >= 0.6 is 11.6 Å². The molecule has 0 fully saturated rings. The topological polar surface area (TPSA) is 83.5 Å². The summed E-state index contributed by atoms with van der Waals surface area (Å²) >= 11 is 5.69. The first-order valence-electron chi connectivity index (χ1n) is 5.87. The average Bonchev–Trinajstić information content (AvgIpc) is 2.38. The van der Waals surface area contributed by atoms with Crippen LogP contribution in [0.2, 0.25) is 5.02 Å². The Hall–Kier alpha value is -2.05. The van der Waals surface area contributed by atoms with Gasteiger partial charge in [0.25, 0.3) is 5.91 Å². The number of benzene rings is 2. The molecular formula is C14H12ClNO4S. The molecule has 0 unspecified atom stereocenters. The lowest BCUT2D eigenvalue weighted by molar-refractivity contribution is 0.102. The summed E-state index contributed by atoms with van der Waals surface area (Å²) in [6, 6.07) is 9.89. The summed E-state index contributed by atoms with van der Waals surface area (Å²) in [6.45, 7) is 0. The van der Waals surface area contributed by atoms with Gasteiger partial charge in [-0.2, -0.15) is 0 Å². The van der Waals surface area contributed by atoms with Gasteiger partial charge in [-0.15, -0.1) is 0 Å². The molecule has 2 aromatic rings. The van der Waals surface area contributed by atoms with Crippen LogP contribution in [0.4, 0.5) is 5.69 Å². The van der Waals surface area contributed by atoms with E-state index in [1.54, 1.807) is 0 Å². The fourth-order valence-corrected chi connectivity index (χ4v) is 2.48. The lowest BCUT2D eigenvalue weighted by Gasteiger charge is -2.07. The van der Waals surface area contributed by atoms with Gasteiger partial charge in [-0.05, 0) is 42.5 Å². The van der Waals surface area contributed by atoms with Gasteiger partial charge in [0.05, 0.1) is 10.5 Å². The first-order chi connectivity index (χ1) is 9.77. The highest BCUT2D eigenvalue weighted by atomic mass is 35.5. The largest absolute Gasteiger partial charge is 0.507 e. The van der Waals surface area contributed by atoms with Crippen molar-refractivity contribution in [2.75, 3.05) is 11.6 Å². The molecule has 2 aromatic carbocycles. The molecule has 2 N–H and O–H groups in total. The molecule has 0 radical (unpaired) electrons. The van der Waals surface area contributed by atoms with Crippen molar-refractivity contribution < 1.29 is 18.3 Å². The summed E-state index contributed by atoms with van der Waals surface area (Å²) in [7, 11) is -3.28. The average molecular weight is 326 g/mol. The zero-order valence-corrected chi connectivity index (χ0v) is 12.6.